The van der Waals surface area contributed by atoms with Crippen LogP contribution in [-0.2, 0) is 17.5 Å². The Bertz CT molecular complexity index is 1230. The van der Waals surface area contributed by atoms with E-state index in [-0.39, 0.29) is 11.3 Å². The molecule has 33 heavy (non-hydrogen) atoms. The molecule has 0 fully saturated rings. The Balaban J connectivity index is 1.93. The van der Waals surface area contributed by atoms with Crippen LogP contribution in [0.1, 0.15) is 36.4 Å². The summed E-state index contributed by atoms with van der Waals surface area (Å²) in [5.41, 5.74) is 0.957. The highest BCUT2D eigenvalue weighted by Gasteiger charge is 2.34. The van der Waals surface area contributed by atoms with E-state index >= 15 is 0 Å². The highest BCUT2D eigenvalue weighted by atomic mass is 19.4. The Morgan fingerprint density at radius 1 is 1.27 bits per heavy atom. The first-order chi connectivity index (χ1) is 15.5. The van der Waals surface area contributed by atoms with E-state index in [1.807, 2.05) is 19.9 Å². The number of nitrogens with one attached hydrogen (secondary N) is 1. The zero-order valence-corrected chi connectivity index (χ0v) is 18.7. The van der Waals surface area contributed by atoms with Crippen LogP contribution in [0.3, 0.4) is 0 Å². The number of anilines is 1. The van der Waals surface area contributed by atoms with Crippen LogP contribution < -0.4 is 5.32 Å². The fourth-order valence-electron chi connectivity index (χ4n) is 3.55. The van der Waals surface area contributed by atoms with Gasteiger partial charge < -0.3 is 9.88 Å². The lowest BCUT2D eigenvalue weighted by Crippen LogP contribution is -2.18. The van der Waals surface area contributed by atoms with Crippen LogP contribution in [0.5, 0.6) is 0 Å². The molecule has 6 nitrogen and oxygen atoms in total. The Hall–Kier alpha value is -3.80. The first kappa shape index (κ1) is 23.9. The number of amides is 1. The number of aryl methyl sites for hydroxylation is 1. The van der Waals surface area contributed by atoms with Crippen LogP contribution in [0.25, 0.3) is 11.8 Å². The number of carbonyl (C=O) groups excluding carboxylic acids is 1. The number of rotatable bonds is 6. The van der Waals surface area contributed by atoms with Crippen molar-refractivity contribution in [2.75, 3.05) is 5.32 Å². The molecule has 1 amide bonds. The summed E-state index contributed by atoms with van der Waals surface area (Å²) in [5.74, 6) is -0.514. The van der Waals surface area contributed by atoms with E-state index in [4.69, 9.17) is 0 Å². The van der Waals surface area contributed by atoms with Gasteiger partial charge in [-0.15, -0.1) is 0 Å². The average Bonchev–Trinajstić information content (AvgIpc) is 3.36. The number of nitriles is 1. The molecule has 172 valence electrons. The third-order valence-electron chi connectivity index (χ3n) is 5.15. The maximum atomic E-state index is 13.7. The average molecular weight is 455 g/mol. The predicted octanol–water partition coefficient (Wildman–Crippen LogP) is 5.51. The molecular formula is C24H24F3N5O. The summed E-state index contributed by atoms with van der Waals surface area (Å²) in [6.45, 7) is 8.74. The number of hydrogen-bond acceptors (Lipinski definition) is 3. The summed E-state index contributed by atoms with van der Waals surface area (Å²) in [5, 5.41) is 15.7. The standard InChI is InChI=1S/C24H24F3N5O/c1-15(2)14-31-16(3)10-18(17(31)4)11-19(13-28)23(33)30-22-7-6-20(32-9-5-8-29-32)12-21(22)24(25,26)27/h5-12,15H,14H2,1-4H3,(H,30,33)/b19-11-. The summed E-state index contributed by atoms with van der Waals surface area (Å²) in [6, 6.07) is 8.71. The van der Waals surface area contributed by atoms with Crippen molar-refractivity contribution >= 4 is 17.7 Å². The van der Waals surface area contributed by atoms with Gasteiger partial charge in [0.1, 0.15) is 11.6 Å². The number of halogens is 3. The van der Waals surface area contributed by atoms with Gasteiger partial charge >= 0.3 is 6.18 Å². The molecule has 0 atom stereocenters. The minimum atomic E-state index is -4.72. The molecule has 0 radical (unpaired) electrons. The molecule has 0 saturated carbocycles. The van der Waals surface area contributed by atoms with Gasteiger partial charge in [-0.3, -0.25) is 4.79 Å². The number of carbonyl (C=O) groups is 1. The Labute approximate surface area is 189 Å². The minimum absolute atomic E-state index is 0.193. The molecule has 1 aromatic carbocycles. The van der Waals surface area contributed by atoms with E-state index in [1.54, 1.807) is 12.1 Å². The lowest BCUT2D eigenvalue weighted by molar-refractivity contribution is -0.137. The summed E-state index contributed by atoms with van der Waals surface area (Å²) in [4.78, 5) is 12.7. The second-order valence-corrected chi connectivity index (χ2v) is 8.13. The van der Waals surface area contributed by atoms with Crippen LogP contribution in [0, 0.1) is 31.1 Å². The third-order valence-corrected chi connectivity index (χ3v) is 5.15. The van der Waals surface area contributed by atoms with Gasteiger partial charge in [0.25, 0.3) is 5.91 Å². The quantitative estimate of drug-likeness (QED) is 0.393. The first-order valence-corrected chi connectivity index (χ1v) is 10.3. The predicted molar refractivity (Wildman–Crippen MR) is 120 cm³/mol. The molecule has 3 aromatic rings. The van der Waals surface area contributed by atoms with Crippen molar-refractivity contribution in [2.24, 2.45) is 5.92 Å². The SMILES string of the molecule is Cc1cc(/C=C(/C#N)C(=O)Nc2ccc(-n3cccn3)cc2C(F)(F)F)c(C)n1CC(C)C. The van der Waals surface area contributed by atoms with Gasteiger partial charge in [-0.05, 0) is 61.7 Å². The molecule has 0 unspecified atom stereocenters. The monoisotopic (exact) mass is 455 g/mol. The van der Waals surface area contributed by atoms with Crippen LogP contribution in [0.2, 0.25) is 0 Å². The topological polar surface area (TPSA) is 75.6 Å². The van der Waals surface area contributed by atoms with Gasteiger partial charge in [-0.1, -0.05) is 13.8 Å². The van der Waals surface area contributed by atoms with Crippen molar-refractivity contribution in [3.05, 3.63) is 70.8 Å². The van der Waals surface area contributed by atoms with Gasteiger partial charge in [0, 0.05) is 30.3 Å². The number of benzene rings is 1. The third kappa shape index (κ3) is 5.34. The Morgan fingerprint density at radius 2 is 2.00 bits per heavy atom. The molecular weight excluding hydrogens is 431 g/mol. The molecule has 0 bridgehead atoms. The van der Waals surface area contributed by atoms with Crippen LogP contribution in [0.15, 0.2) is 48.3 Å². The minimum Gasteiger partial charge on any atom is -0.348 e. The van der Waals surface area contributed by atoms with Crippen molar-refractivity contribution in [2.45, 2.75) is 40.4 Å². The molecule has 1 N–H and O–H groups in total. The molecule has 9 heteroatoms. The molecule has 2 heterocycles. The number of aromatic nitrogens is 3. The molecule has 0 aliphatic carbocycles. The van der Waals surface area contributed by atoms with Gasteiger partial charge in [-0.25, -0.2) is 4.68 Å². The van der Waals surface area contributed by atoms with Crippen LogP contribution >= 0.6 is 0 Å². The van der Waals surface area contributed by atoms with Gasteiger partial charge in [0.15, 0.2) is 0 Å². The normalized spacial score (nSPS) is 12.2. The molecule has 3 rings (SSSR count). The van der Waals surface area contributed by atoms with Crippen LogP contribution in [0.4, 0.5) is 18.9 Å². The van der Waals surface area contributed by atoms with Crippen LogP contribution in [-0.4, -0.2) is 20.3 Å². The number of alkyl halides is 3. The zero-order chi connectivity index (χ0) is 24.3. The number of hydrogen-bond donors (Lipinski definition) is 1. The lowest BCUT2D eigenvalue weighted by Gasteiger charge is -2.15. The largest absolute Gasteiger partial charge is 0.418 e. The highest BCUT2D eigenvalue weighted by molar-refractivity contribution is 6.10. The van der Waals surface area contributed by atoms with Crippen molar-refractivity contribution < 1.29 is 18.0 Å². The van der Waals surface area contributed by atoms with Gasteiger partial charge in [0.05, 0.1) is 16.9 Å². The second-order valence-electron chi connectivity index (χ2n) is 8.13. The molecule has 0 spiro atoms. The zero-order valence-electron chi connectivity index (χ0n) is 18.7. The van der Waals surface area contributed by atoms with Gasteiger partial charge in [0.2, 0.25) is 0 Å². The molecule has 0 saturated heterocycles. The van der Waals surface area contributed by atoms with Crippen molar-refractivity contribution in [3.63, 3.8) is 0 Å². The molecule has 0 aliphatic rings. The molecule has 2 aromatic heterocycles. The molecule has 0 aliphatic heterocycles. The highest BCUT2D eigenvalue weighted by Crippen LogP contribution is 2.36. The smallest absolute Gasteiger partial charge is 0.348 e. The van der Waals surface area contributed by atoms with E-state index in [0.29, 0.717) is 11.5 Å². The summed E-state index contributed by atoms with van der Waals surface area (Å²) in [6.07, 6.45) is -0.352. The fourth-order valence-corrected chi connectivity index (χ4v) is 3.55. The number of nitrogens with zero attached hydrogens (tertiary/aromatic N) is 4. The summed E-state index contributed by atoms with van der Waals surface area (Å²) in [7, 11) is 0. The van der Waals surface area contributed by atoms with Crippen molar-refractivity contribution in [3.8, 4) is 11.8 Å². The Kier molecular flexibility index (Phi) is 6.77. The Morgan fingerprint density at radius 3 is 2.58 bits per heavy atom. The maximum Gasteiger partial charge on any atom is 0.418 e. The summed E-state index contributed by atoms with van der Waals surface area (Å²) >= 11 is 0. The van der Waals surface area contributed by atoms with E-state index in [0.717, 1.165) is 30.1 Å². The lowest BCUT2D eigenvalue weighted by atomic mass is 10.1. The van der Waals surface area contributed by atoms with E-state index in [1.165, 1.54) is 29.2 Å². The van der Waals surface area contributed by atoms with Crippen molar-refractivity contribution in [1.29, 1.82) is 5.26 Å². The first-order valence-electron chi connectivity index (χ1n) is 10.3. The van der Waals surface area contributed by atoms with E-state index < -0.39 is 23.3 Å². The maximum absolute atomic E-state index is 13.7. The van der Waals surface area contributed by atoms with E-state index in [9.17, 15) is 23.2 Å². The van der Waals surface area contributed by atoms with Crippen molar-refractivity contribution in [1.82, 2.24) is 14.3 Å². The second kappa shape index (κ2) is 9.36. The fraction of sp³-hybridized carbons (Fsp3) is 0.292. The van der Waals surface area contributed by atoms with Gasteiger partial charge in [-0.2, -0.15) is 23.5 Å². The van der Waals surface area contributed by atoms with E-state index in [2.05, 4.69) is 28.8 Å². The summed E-state index contributed by atoms with van der Waals surface area (Å²) < 4.78 is 44.4.